The number of amides is 1. The average molecular weight is 416 g/mol. The summed E-state index contributed by atoms with van der Waals surface area (Å²) >= 11 is 0. The number of carbonyl (C=O) groups excluding carboxylic acids is 1. The summed E-state index contributed by atoms with van der Waals surface area (Å²) in [7, 11) is -3.85. The summed E-state index contributed by atoms with van der Waals surface area (Å²) in [5.74, 6) is -2.45. The Labute approximate surface area is 158 Å². The number of rotatable bonds is 8. The molecule has 28 heavy (non-hydrogen) atoms. The van der Waals surface area contributed by atoms with Crippen molar-refractivity contribution in [3.05, 3.63) is 61.0 Å². The number of sulfonamides is 1. The van der Waals surface area contributed by atoms with Crippen LogP contribution < -0.4 is 5.32 Å². The molecular formula is C16H15F3N4O4S. The van der Waals surface area contributed by atoms with Crippen molar-refractivity contribution < 1.29 is 30.8 Å². The lowest BCUT2D eigenvalue weighted by Crippen LogP contribution is -2.31. The van der Waals surface area contributed by atoms with Gasteiger partial charge in [0.05, 0.1) is 4.90 Å². The molecule has 0 saturated heterocycles. The van der Waals surface area contributed by atoms with Gasteiger partial charge in [-0.05, 0) is 24.3 Å². The Balaban J connectivity index is 2.17. The molecular weight excluding hydrogens is 401 g/mol. The Morgan fingerprint density at radius 2 is 1.71 bits per heavy atom. The molecule has 0 spiro atoms. The van der Waals surface area contributed by atoms with Gasteiger partial charge in [0, 0.05) is 18.7 Å². The maximum absolute atomic E-state index is 12.6. The van der Waals surface area contributed by atoms with Crippen LogP contribution in [-0.4, -0.2) is 41.9 Å². The van der Waals surface area contributed by atoms with Crippen molar-refractivity contribution in [2.75, 3.05) is 18.4 Å². The van der Waals surface area contributed by atoms with Crippen molar-refractivity contribution >= 4 is 21.9 Å². The van der Waals surface area contributed by atoms with Gasteiger partial charge in [-0.2, -0.15) is 17.5 Å². The summed E-state index contributed by atoms with van der Waals surface area (Å²) < 4.78 is 67.8. The summed E-state index contributed by atoms with van der Waals surface area (Å²) in [5.41, 5.74) is -0.0234. The van der Waals surface area contributed by atoms with Crippen LogP contribution in [0.25, 0.3) is 0 Å². The molecule has 1 heterocycles. The van der Waals surface area contributed by atoms with Crippen LogP contribution in [0.1, 0.15) is 16.2 Å². The number of anilines is 1. The first-order chi connectivity index (χ1) is 13.1. The second-order valence-corrected chi connectivity index (χ2v) is 7.23. The first-order valence-electron chi connectivity index (χ1n) is 7.63. The van der Waals surface area contributed by atoms with Gasteiger partial charge in [0.15, 0.2) is 0 Å². The van der Waals surface area contributed by atoms with Gasteiger partial charge in [-0.15, -0.1) is 18.3 Å². The summed E-state index contributed by atoms with van der Waals surface area (Å²) in [6.45, 7) is 7.13. The molecule has 12 heteroatoms. The van der Waals surface area contributed by atoms with Crippen molar-refractivity contribution in [3.63, 3.8) is 0 Å². The summed E-state index contributed by atoms with van der Waals surface area (Å²) in [5, 5.41) is 7.86. The highest BCUT2D eigenvalue weighted by atomic mass is 32.2. The van der Waals surface area contributed by atoms with Crippen LogP contribution in [0.2, 0.25) is 0 Å². The van der Waals surface area contributed by atoms with Crippen molar-refractivity contribution in [2.24, 2.45) is 0 Å². The third-order valence-electron chi connectivity index (χ3n) is 3.31. The lowest BCUT2D eigenvalue weighted by Gasteiger charge is -2.19. The van der Waals surface area contributed by atoms with E-state index in [2.05, 4.69) is 27.8 Å². The Hall–Kier alpha value is -2.99. The van der Waals surface area contributed by atoms with Gasteiger partial charge in [0.25, 0.3) is 5.91 Å². The smallest absolute Gasteiger partial charge is 0.399 e. The maximum Gasteiger partial charge on any atom is 0.470 e. The Morgan fingerprint density at radius 3 is 2.18 bits per heavy atom. The van der Waals surface area contributed by atoms with Gasteiger partial charge in [0.2, 0.25) is 10.0 Å². The summed E-state index contributed by atoms with van der Waals surface area (Å²) in [6, 6.07) is 4.04. The van der Waals surface area contributed by atoms with Crippen molar-refractivity contribution in [3.8, 4) is 0 Å². The fourth-order valence-electron chi connectivity index (χ4n) is 2.04. The predicted molar refractivity (Wildman–Crippen MR) is 92.8 cm³/mol. The van der Waals surface area contributed by atoms with Crippen LogP contribution in [-0.2, 0) is 16.2 Å². The number of halogens is 3. The maximum atomic E-state index is 12.6. The van der Waals surface area contributed by atoms with Crippen LogP contribution in [0.3, 0.4) is 0 Å². The lowest BCUT2D eigenvalue weighted by atomic mass is 10.2. The molecule has 1 aromatic carbocycles. The van der Waals surface area contributed by atoms with Gasteiger partial charge in [-0.1, -0.05) is 17.3 Å². The lowest BCUT2D eigenvalue weighted by molar-refractivity contribution is -0.156. The molecule has 0 radical (unpaired) electrons. The van der Waals surface area contributed by atoms with E-state index in [0.717, 1.165) is 4.31 Å². The normalized spacial score (nSPS) is 12.0. The molecule has 0 aliphatic carbocycles. The van der Waals surface area contributed by atoms with E-state index in [4.69, 9.17) is 0 Å². The molecule has 0 bridgehead atoms. The topological polar surface area (TPSA) is 105 Å². The molecule has 0 atom stereocenters. The molecule has 1 amide bonds. The van der Waals surface area contributed by atoms with Crippen molar-refractivity contribution in [1.29, 1.82) is 0 Å². The molecule has 0 aliphatic heterocycles. The number of hydrogen-bond donors (Lipinski definition) is 1. The second-order valence-electron chi connectivity index (χ2n) is 5.29. The van der Waals surface area contributed by atoms with E-state index in [1.807, 2.05) is 5.32 Å². The monoisotopic (exact) mass is 416 g/mol. The fourth-order valence-corrected chi connectivity index (χ4v) is 3.43. The SMILES string of the molecule is C=CCN(CC=C)S(=O)(=O)c1ccc(C(=O)Nc2nnc(C(F)(F)F)o2)cc1. The van der Waals surface area contributed by atoms with Crippen LogP contribution >= 0.6 is 0 Å². The van der Waals surface area contributed by atoms with Gasteiger partial charge < -0.3 is 4.42 Å². The zero-order valence-corrected chi connectivity index (χ0v) is 15.1. The Morgan fingerprint density at radius 1 is 1.14 bits per heavy atom. The highest BCUT2D eigenvalue weighted by Gasteiger charge is 2.38. The van der Waals surface area contributed by atoms with Gasteiger partial charge in [0.1, 0.15) is 0 Å². The zero-order chi connectivity index (χ0) is 20.9. The number of carbonyl (C=O) groups is 1. The van der Waals surface area contributed by atoms with Crippen molar-refractivity contribution in [2.45, 2.75) is 11.1 Å². The van der Waals surface area contributed by atoms with E-state index in [9.17, 15) is 26.4 Å². The molecule has 1 N–H and O–H groups in total. The molecule has 1 aromatic heterocycles. The number of alkyl halides is 3. The molecule has 0 aliphatic rings. The van der Waals surface area contributed by atoms with Gasteiger partial charge in [-0.3, -0.25) is 10.1 Å². The molecule has 0 fully saturated rings. The van der Waals surface area contributed by atoms with Crippen LogP contribution in [0.15, 0.2) is 58.9 Å². The summed E-state index contributed by atoms with van der Waals surface area (Å²) in [6.07, 6.45) is -2.00. The zero-order valence-electron chi connectivity index (χ0n) is 14.3. The molecule has 0 saturated carbocycles. The summed E-state index contributed by atoms with van der Waals surface area (Å²) in [4.78, 5) is 12.0. The van der Waals surface area contributed by atoms with Crippen LogP contribution in [0.4, 0.5) is 19.2 Å². The third kappa shape index (κ3) is 4.84. The minimum absolute atomic E-state index is 0.0234. The number of nitrogens with one attached hydrogen (secondary N) is 1. The highest BCUT2D eigenvalue weighted by molar-refractivity contribution is 7.89. The largest absolute Gasteiger partial charge is 0.470 e. The molecule has 2 rings (SSSR count). The minimum Gasteiger partial charge on any atom is -0.399 e. The first-order valence-corrected chi connectivity index (χ1v) is 9.07. The predicted octanol–water partition coefficient (Wildman–Crippen LogP) is 2.70. The van der Waals surface area contributed by atoms with E-state index < -0.39 is 34.0 Å². The molecule has 8 nitrogen and oxygen atoms in total. The molecule has 2 aromatic rings. The van der Waals surface area contributed by atoms with E-state index in [-0.39, 0.29) is 23.5 Å². The third-order valence-corrected chi connectivity index (χ3v) is 5.15. The quantitative estimate of drug-likeness (QED) is 0.664. The number of nitrogens with zero attached hydrogens (tertiary/aromatic N) is 3. The first kappa shape index (κ1) is 21.3. The fraction of sp³-hybridized carbons (Fsp3) is 0.188. The highest BCUT2D eigenvalue weighted by Crippen LogP contribution is 2.28. The van der Waals surface area contributed by atoms with E-state index >= 15 is 0 Å². The standard InChI is InChI=1S/C16H15F3N4O4S/c1-3-9-23(10-4-2)28(25,26)12-7-5-11(6-8-12)13(24)20-15-22-21-14(27-15)16(17,18)19/h3-8H,1-2,9-10H2,(H,20,22,24). The average Bonchev–Trinajstić information content (AvgIpc) is 3.10. The number of hydrogen-bond acceptors (Lipinski definition) is 6. The van der Waals surface area contributed by atoms with E-state index in [0.29, 0.717) is 0 Å². The molecule has 0 unspecified atom stereocenters. The van der Waals surface area contributed by atoms with E-state index in [1.165, 1.54) is 36.4 Å². The number of aromatic nitrogens is 2. The van der Waals surface area contributed by atoms with Crippen LogP contribution in [0.5, 0.6) is 0 Å². The minimum atomic E-state index is -4.84. The Bertz CT molecular complexity index is 959. The van der Waals surface area contributed by atoms with E-state index in [1.54, 1.807) is 0 Å². The van der Waals surface area contributed by atoms with Gasteiger partial charge in [-0.25, -0.2) is 8.42 Å². The van der Waals surface area contributed by atoms with Gasteiger partial charge >= 0.3 is 18.1 Å². The second kappa shape index (κ2) is 8.35. The Kier molecular flexibility index (Phi) is 6.36. The number of benzene rings is 1. The van der Waals surface area contributed by atoms with Crippen molar-refractivity contribution in [1.82, 2.24) is 14.5 Å². The molecule has 150 valence electrons. The van der Waals surface area contributed by atoms with Crippen LogP contribution in [0, 0.1) is 0 Å².